The Kier molecular flexibility index (Phi) is 10.6. The van der Waals surface area contributed by atoms with Crippen LogP contribution in [-0.2, 0) is 33.6 Å². The molecule has 10 heteroatoms. The average Bonchev–Trinajstić information content (AvgIpc) is 3.61. The molecule has 45 heavy (non-hydrogen) atoms. The molecule has 5 rings (SSSR count). The lowest BCUT2D eigenvalue weighted by Crippen LogP contribution is -2.62. The van der Waals surface area contributed by atoms with E-state index in [-0.39, 0.29) is 48.5 Å². The van der Waals surface area contributed by atoms with Crippen molar-refractivity contribution in [2.24, 2.45) is 0 Å². The monoisotopic (exact) mass is 621 g/mol. The maximum Gasteiger partial charge on any atom is 0.246 e. The van der Waals surface area contributed by atoms with Crippen molar-refractivity contribution in [2.45, 2.75) is 37.8 Å². The summed E-state index contributed by atoms with van der Waals surface area (Å²) < 4.78 is 0. The number of rotatable bonds is 14. The lowest BCUT2D eigenvalue weighted by atomic mass is 9.99. The number of hydrogen-bond acceptors (Lipinski definition) is 7. The highest BCUT2D eigenvalue weighted by atomic mass is 32.1. The second-order valence-electron chi connectivity index (χ2n) is 11.0. The van der Waals surface area contributed by atoms with Crippen LogP contribution in [0.3, 0.4) is 0 Å². The van der Waals surface area contributed by atoms with Crippen LogP contribution in [0, 0.1) is 5.41 Å². The molecule has 1 aromatic heterocycles. The zero-order chi connectivity index (χ0) is 31.6. The van der Waals surface area contributed by atoms with Crippen LogP contribution in [0.25, 0.3) is 0 Å². The molecular formula is C35H35N5O4S. The number of Topliss-reactive ketones (excluding diaryl/α,β-unsaturated/α-hetero) is 1. The zero-order valence-corrected chi connectivity index (χ0v) is 25.6. The van der Waals surface area contributed by atoms with Crippen LogP contribution in [0.2, 0.25) is 0 Å². The van der Waals surface area contributed by atoms with E-state index in [9.17, 15) is 19.2 Å². The first kappa shape index (κ1) is 31.5. The summed E-state index contributed by atoms with van der Waals surface area (Å²) in [6.45, 7) is -0.0316. The van der Waals surface area contributed by atoms with E-state index in [1.165, 1.54) is 34.2 Å². The van der Waals surface area contributed by atoms with Gasteiger partial charge in [-0.15, -0.1) is 11.3 Å². The van der Waals surface area contributed by atoms with E-state index in [0.717, 1.165) is 17.5 Å². The average molecular weight is 622 g/mol. The predicted molar refractivity (Wildman–Crippen MR) is 173 cm³/mol. The topological polar surface area (TPSA) is 124 Å². The molecule has 1 fully saturated rings. The van der Waals surface area contributed by atoms with Crippen molar-refractivity contribution in [1.82, 2.24) is 20.1 Å². The maximum absolute atomic E-state index is 13.8. The van der Waals surface area contributed by atoms with Gasteiger partial charge in [0, 0.05) is 37.2 Å². The van der Waals surface area contributed by atoms with Crippen molar-refractivity contribution in [3.8, 4) is 0 Å². The smallest absolute Gasteiger partial charge is 0.246 e. The van der Waals surface area contributed by atoms with Crippen molar-refractivity contribution >= 4 is 41.1 Å². The van der Waals surface area contributed by atoms with E-state index in [4.69, 9.17) is 5.41 Å². The van der Waals surface area contributed by atoms with E-state index in [2.05, 4.69) is 10.3 Å². The first-order chi connectivity index (χ1) is 21.9. The predicted octanol–water partition coefficient (Wildman–Crippen LogP) is 3.97. The number of thiazole rings is 1. The van der Waals surface area contributed by atoms with Crippen LogP contribution in [-0.4, -0.2) is 76.2 Å². The van der Waals surface area contributed by atoms with Crippen LogP contribution in [0.4, 0.5) is 0 Å². The minimum atomic E-state index is -0.942. The van der Waals surface area contributed by atoms with Crippen LogP contribution in [0.15, 0.2) is 96.5 Å². The van der Waals surface area contributed by atoms with Crippen LogP contribution < -0.4 is 5.32 Å². The number of amides is 3. The Labute approximate surface area is 266 Å². The molecule has 1 saturated heterocycles. The molecule has 0 saturated carbocycles. The third-order valence-corrected chi connectivity index (χ3v) is 8.58. The van der Waals surface area contributed by atoms with Crippen LogP contribution in [0.1, 0.15) is 38.5 Å². The Hall–Kier alpha value is -4.96. The Morgan fingerprint density at radius 2 is 1.69 bits per heavy atom. The summed E-state index contributed by atoms with van der Waals surface area (Å²) in [6.07, 6.45) is 4.70. The standard InChI is InChI=1S/C35H35N5O4S/c36-22-28-14-7-13-27(19-28)20-29(33(43)34-37-16-18-45-34)38-31(41)23-40-30(21-26-11-5-2-6-12-26)35(44)39(24-32(40)42)17-8-15-25-9-3-1-4-10-25/h1-7,9-14,16,18-19,22,29-30,36H,8,15,17,20-21,23-24H2,(H,38,41)/t29?,30-/m1/s1. The molecule has 2 atom stereocenters. The number of nitrogens with one attached hydrogen (secondary N) is 2. The van der Waals surface area contributed by atoms with Gasteiger partial charge in [-0.1, -0.05) is 84.9 Å². The Morgan fingerprint density at radius 3 is 2.38 bits per heavy atom. The van der Waals surface area contributed by atoms with Gasteiger partial charge in [0.05, 0.1) is 12.6 Å². The molecule has 0 spiro atoms. The normalized spacial score (nSPS) is 15.5. The van der Waals surface area contributed by atoms with Gasteiger partial charge >= 0.3 is 0 Å². The van der Waals surface area contributed by atoms with Crippen molar-refractivity contribution in [3.63, 3.8) is 0 Å². The summed E-state index contributed by atoms with van der Waals surface area (Å²) >= 11 is 1.18. The van der Waals surface area contributed by atoms with Gasteiger partial charge in [0.25, 0.3) is 0 Å². The lowest BCUT2D eigenvalue weighted by Gasteiger charge is -2.40. The fraction of sp³-hybridized carbons (Fsp3) is 0.257. The number of piperazine rings is 1. The Morgan fingerprint density at radius 1 is 0.978 bits per heavy atom. The van der Waals surface area contributed by atoms with E-state index in [0.29, 0.717) is 18.5 Å². The van der Waals surface area contributed by atoms with Gasteiger partial charge in [-0.25, -0.2) is 4.98 Å². The molecule has 0 aliphatic carbocycles. The molecule has 0 bridgehead atoms. The Bertz CT molecular complexity index is 1630. The maximum atomic E-state index is 13.8. The third kappa shape index (κ3) is 8.36. The quantitative estimate of drug-likeness (QED) is 0.163. The zero-order valence-electron chi connectivity index (χ0n) is 24.8. The second-order valence-corrected chi connectivity index (χ2v) is 11.9. The second kappa shape index (κ2) is 15.2. The van der Waals surface area contributed by atoms with Crippen molar-refractivity contribution in [3.05, 3.63) is 124 Å². The summed E-state index contributed by atoms with van der Waals surface area (Å²) in [7, 11) is 0. The number of nitrogens with zero attached hydrogens (tertiary/aromatic N) is 3. The first-order valence-corrected chi connectivity index (χ1v) is 15.8. The van der Waals surface area contributed by atoms with Gasteiger partial charge in [0.2, 0.25) is 23.5 Å². The summed E-state index contributed by atoms with van der Waals surface area (Å²) in [5.41, 5.74) is 3.49. The number of hydrogen-bond donors (Lipinski definition) is 2. The number of ketones is 1. The Balaban J connectivity index is 1.32. The molecule has 9 nitrogen and oxygen atoms in total. The fourth-order valence-electron chi connectivity index (χ4n) is 5.53. The molecule has 4 aromatic rings. The van der Waals surface area contributed by atoms with Crippen LogP contribution in [0.5, 0.6) is 0 Å². The van der Waals surface area contributed by atoms with Crippen molar-refractivity contribution < 1.29 is 19.2 Å². The molecular weight excluding hydrogens is 586 g/mol. The number of aromatic nitrogens is 1. The summed E-state index contributed by atoms with van der Waals surface area (Å²) in [4.78, 5) is 61.4. The minimum Gasteiger partial charge on any atom is -0.344 e. The highest BCUT2D eigenvalue weighted by Crippen LogP contribution is 2.19. The number of aryl methyl sites for hydroxylation is 1. The molecule has 3 amide bonds. The van der Waals surface area contributed by atoms with Gasteiger partial charge < -0.3 is 20.5 Å². The number of carbonyl (C=O) groups excluding carboxylic acids is 4. The van der Waals surface area contributed by atoms with E-state index >= 15 is 0 Å². The van der Waals surface area contributed by atoms with E-state index in [1.807, 2.05) is 66.7 Å². The summed E-state index contributed by atoms with van der Waals surface area (Å²) in [5.74, 6) is -1.39. The molecule has 1 unspecified atom stereocenters. The number of benzene rings is 3. The molecule has 1 aliphatic rings. The highest BCUT2D eigenvalue weighted by molar-refractivity contribution is 7.11. The van der Waals surface area contributed by atoms with Gasteiger partial charge in [-0.3, -0.25) is 19.2 Å². The van der Waals surface area contributed by atoms with Gasteiger partial charge in [0.1, 0.15) is 12.6 Å². The summed E-state index contributed by atoms with van der Waals surface area (Å²) in [6, 6.07) is 24.8. The van der Waals surface area contributed by atoms with E-state index in [1.54, 1.807) is 28.5 Å². The number of carbonyl (C=O) groups is 4. The van der Waals surface area contributed by atoms with Crippen molar-refractivity contribution in [2.75, 3.05) is 19.6 Å². The largest absolute Gasteiger partial charge is 0.344 e. The molecule has 3 aromatic carbocycles. The molecule has 0 radical (unpaired) electrons. The van der Waals surface area contributed by atoms with Gasteiger partial charge in [0.15, 0.2) is 5.01 Å². The molecule has 2 heterocycles. The minimum absolute atomic E-state index is 0.107. The summed E-state index contributed by atoms with van der Waals surface area (Å²) in [5, 5.41) is 12.3. The van der Waals surface area contributed by atoms with Crippen molar-refractivity contribution in [1.29, 1.82) is 5.41 Å². The third-order valence-electron chi connectivity index (χ3n) is 7.79. The molecule has 1 aliphatic heterocycles. The van der Waals surface area contributed by atoms with Gasteiger partial charge in [-0.2, -0.15) is 0 Å². The fourth-order valence-corrected chi connectivity index (χ4v) is 6.17. The van der Waals surface area contributed by atoms with Crippen LogP contribution >= 0.6 is 11.3 Å². The highest BCUT2D eigenvalue weighted by Gasteiger charge is 2.40. The molecule has 2 N–H and O–H groups in total. The lowest BCUT2D eigenvalue weighted by molar-refractivity contribution is -0.157. The van der Waals surface area contributed by atoms with E-state index < -0.39 is 18.0 Å². The molecule has 230 valence electrons. The first-order valence-electron chi connectivity index (χ1n) is 14.9. The van der Waals surface area contributed by atoms with Gasteiger partial charge in [-0.05, 0) is 35.1 Å². The SMILES string of the molecule is N=Cc1cccc(CC(NC(=O)CN2C(=O)CN(CCCc3ccccc3)C(=O)[C@H]2Cc2ccccc2)C(=O)c2nccs2)c1.